The number of benzene rings is 1. The molecule has 1 fully saturated rings. The zero-order valence-corrected chi connectivity index (χ0v) is 12.1. The summed E-state index contributed by atoms with van der Waals surface area (Å²) in [5.74, 6) is 0. The van der Waals surface area contributed by atoms with Gasteiger partial charge in [0.15, 0.2) is 17.5 Å². The van der Waals surface area contributed by atoms with Crippen LogP contribution in [-0.2, 0) is 10.3 Å². The second kappa shape index (κ2) is 5.47. The number of hydrogen-bond acceptors (Lipinski definition) is 6. The standard InChI is InChI=1S/C14H16ClNO6/c15-12(19)9-10(17)14(21,11(18)13(20)22-9)7-5-16-8-4-2-1-3-6(7)8/h1-5,9-13,16-21H/t9-,10-,11-,12?,13-,14-/m0/s1. The van der Waals surface area contributed by atoms with Crippen molar-refractivity contribution in [3.8, 4) is 0 Å². The molecular formula is C14H16ClNO6. The van der Waals surface area contributed by atoms with E-state index >= 15 is 0 Å². The second-order valence-corrected chi connectivity index (χ2v) is 5.77. The van der Waals surface area contributed by atoms with Gasteiger partial charge in [0.1, 0.15) is 18.3 Å². The molecule has 1 unspecified atom stereocenters. The molecule has 0 radical (unpaired) electrons. The summed E-state index contributed by atoms with van der Waals surface area (Å²) in [6.45, 7) is 0. The van der Waals surface area contributed by atoms with Crippen LogP contribution in [0.15, 0.2) is 30.5 Å². The summed E-state index contributed by atoms with van der Waals surface area (Å²) in [5, 5.41) is 51.3. The van der Waals surface area contributed by atoms with E-state index in [-0.39, 0.29) is 5.56 Å². The van der Waals surface area contributed by atoms with Crippen molar-refractivity contribution in [3.05, 3.63) is 36.0 Å². The molecular weight excluding hydrogens is 314 g/mol. The predicted molar refractivity (Wildman–Crippen MR) is 76.9 cm³/mol. The Hall–Kier alpha value is -1.19. The summed E-state index contributed by atoms with van der Waals surface area (Å²) in [6.07, 6.45) is -5.45. The van der Waals surface area contributed by atoms with Crippen LogP contribution in [0.5, 0.6) is 0 Å². The van der Waals surface area contributed by atoms with Crippen LogP contribution < -0.4 is 0 Å². The molecule has 6 N–H and O–H groups in total. The number of halogens is 1. The highest BCUT2D eigenvalue weighted by molar-refractivity contribution is 6.19. The maximum absolute atomic E-state index is 10.9. The number of aromatic nitrogens is 1. The molecule has 22 heavy (non-hydrogen) atoms. The third kappa shape index (κ3) is 2.14. The summed E-state index contributed by atoms with van der Waals surface area (Å²) in [7, 11) is 0. The van der Waals surface area contributed by atoms with Crippen molar-refractivity contribution in [1.29, 1.82) is 0 Å². The van der Waals surface area contributed by atoms with Crippen molar-refractivity contribution in [1.82, 2.24) is 4.98 Å². The Kier molecular flexibility index (Phi) is 3.90. The molecule has 1 aromatic heterocycles. The van der Waals surface area contributed by atoms with Gasteiger partial charge >= 0.3 is 0 Å². The van der Waals surface area contributed by atoms with E-state index in [2.05, 4.69) is 4.98 Å². The summed E-state index contributed by atoms with van der Waals surface area (Å²) in [4.78, 5) is 2.91. The predicted octanol–water partition coefficient (Wildman–Crippen LogP) is -0.648. The second-order valence-electron chi connectivity index (χ2n) is 5.33. The van der Waals surface area contributed by atoms with Crippen LogP contribution in [-0.4, -0.2) is 60.7 Å². The van der Waals surface area contributed by atoms with Gasteiger partial charge in [0.25, 0.3) is 0 Å². The van der Waals surface area contributed by atoms with Gasteiger partial charge in [-0.15, -0.1) is 0 Å². The van der Waals surface area contributed by atoms with Gasteiger partial charge < -0.3 is 35.3 Å². The van der Waals surface area contributed by atoms with E-state index in [0.29, 0.717) is 10.9 Å². The van der Waals surface area contributed by atoms with Gasteiger partial charge in [-0.3, -0.25) is 0 Å². The molecule has 6 atom stereocenters. The van der Waals surface area contributed by atoms with Crippen LogP contribution in [0.25, 0.3) is 10.9 Å². The molecule has 1 aromatic carbocycles. The first-order chi connectivity index (χ1) is 10.4. The molecule has 8 heteroatoms. The number of aliphatic hydroxyl groups excluding tert-OH is 4. The zero-order valence-electron chi connectivity index (χ0n) is 11.3. The topological polar surface area (TPSA) is 126 Å². The van der Waals surface area contributed by atoms with Gasteiger partial charge in [-0.2, -0.15) is 0 Å². The number of aromatic amines is 1. The number of alkyl halides is 1. The highest BCUT2D eigenvalue weighted by atomic mass is 35.5. The summed E-state index contributed by atoms with van der Waals surface area (Å²) in [6, 6.07) is 6.95. The monoisotopic (exact) mass is 329 g/mol. The fraction of sp³-hybridized carbons (Fsp3) is 0.429. The first-order valence-corrected chi connectivity index (χ1v) is 7.11. The van der Waals surface area contributed by atoms with Gasteiger partial charge in [0.05, 0.1) is 0 Å². The molecule has 2 aromatic rings. The number of H-pyrrole nitrogens is 1. The summed E-state index contributed by atoms with van der Waals surface area (Å²) in [5.41, 5.74) is -3.09. The molecule has 0 amide bonds. The Morgan fingerprint density at radius 3 is 2.55 bits per heavy atom. The van der Waals surface area contributed by atoms with E-state index in [4.69, 9.17) is 16.3 Å². The van der Waals surface area contributed by atoms with Crippen LogP contribution >= 0.6 is 11.6 Å². The normalized spacial score (nSPS) is 37.4. The Balaban J connectivity index is 2.15. The maximum atomic E-state index is 10.9. The lowest BCUT2D eigenvalue weighted by Gasteiger charge is -2.47. The summed E-state index contributed by atoms with van der Waals surface area (Å²) >= 11 is 5.53. The fourth-order valence-corrected chi connectivity index (χ4v) is 3.09. The van der Waals surface area contributed by atoms with Crippen molar-refractivity contribution < 1.29 is 30.3 Å². The number of nitrogens with one attached hydrogen (secondary N) is 1. The SMILES string of the molecule is OC(Cl)[C@H]1O[C@H](O)[C@H](O)[C@](O)(c2c[nH]c3ccccc23)[C@H]1O. The molecule has 1 saturated heterocycles. The fourth-order valence-electron chi connectivity index (χ4n) is 2.89. The lowest BCUT2D eigenvalue weighted by atomic mass is 9.78. The van der Waals surface area contributed by atoms with E-state index in [9.17, 15) is 25.5 Å². The molecule has 1 aliphatic rings. The Labute approximate surface area is 130 Å². The lowest BCUT2D eigenvalue weighted by molar-refractivity contribution is -0.329. The van der Waals surface area contributed by atoms with Crippen molar-refractivity contribution in [2.24, 2.45) is 0 Å². The summed E-state index contributed by atoms with van der Waals surface area (Å²) < 4.78 is 4.88. The lowest BCUT2D eigenvalue weighted by Crippen LogP contribution is -2.66. The molecule has 0 saturated carbocycles. The minimum Gasteiger partial charge on any atom is -0.387 e. The highest BCUT2D eigenvalue weighted by Crippen LogP contribution is 2.41. The molecule has 7 nitrogen and oxygen atoms in total. The van der Waals surface area contributed by atoms with Crippen LogP contribution in [0, 0.1) is 0 Å². The average molecular weight is 330 g/mol. The van der Waals surface area contributed by atoms with E-state index in [1.54, 1.807) is 24.3 Å². The first-order valence-electron chi connectivity index (χ1n) is 6.68. The van der Waals surface area contributed by atoms with Gasteiger partial charge in [-0.1, -0.05) is 29.8 Å². The number of aliphatic hydroxyl groups is 5. The molecule has 120 valence electrons. The molecule has 1 aliphatic heterocycles. The van der Waals surface area contributed by atoms with Gasteiger partial charge in [-0.05, 0) is 6.07 Å². The number of ether oxygens (including phenoxy) is 1. The number of rotatable bonds is 2. The number of para-hydroxylation sites is 1. The minimum atomic E-state index is -2.27. The molecule has 3 rings (SSSR count). The Morgan fingerprint density at radius 2 is 1.86 bits per heavy atom. The van der Waals surface area contributed by atoms with Gasteiger partial charge in [-0.25, -0.2) is 0 Å². The third-order valence-corrected chi connectivity index (χ3v) is 4.32. The van der Waals surface area contributed by atoms with Crippen molar-refractivity contribution in [3.63, 3.8) is 0 Å². The van der Waals surface area contributed by atoms with E-state index in [1.807, 2.05) is 0 Å². The molecule has 0 bridgehead atoms. The molecule has 2 heterocycles. The number of fused-ring (bicyclic) bond motifs is 1. The minimum absolute atomic E-state index is 0.174. The number of hydrogen-bond donors (Lipinski definition) is 6. The largest absolute Gasteiger partial charge is 0.387 e. The van der Waals surface area contributed by atoms with Crippen LogP contribution in [0.4, 0.5) is 0 Å². The highest BCUT2D eigenvalue weighted by Gasteiger charge is 2.57. The van der Waals surface area contributed by atoms with E-state index < -0.39 is 35.8 Å². The van der Waals surface area contributed by atoms with Gasteiger partial charge in [0.2, 0.25) is 0 Å². The average Bonchev–Trinajstić information content (AvgIpc) is 2.93. The quantitative estimate of drug-likeness (QED) is 0.407. The van der Waals surface area contributed by atoms with E-state index in [1.165, 1.54) is 6.20 Å². The molecule has 0 spiro atoms. The van der Waals surface area contributed by atoms with E-state index in [0.717, 1.165) is 0 Å². The van der Waals surface area contributed by atoms with Crippen molar-refractivity contribution >= 4 is 22.5 Å². The maximum Gasteiger partial charge on any atom is 0.184 e. The van der Waals surface area contributed by atoms with Crippen molar-refractivity contribution in [2.75, 3.05) is 0 Å². The van der Waals surface area contributed by atoms with Crippen molar-refractivity contribution in [2.45, 2.75) is 35.8 Å². The zero-order chi connectivity index (χ0) is 16.1. The van der Waals surface area contributed by atoms with Gasteiger partial charge in [0, 0.05) is 22.7 Å². The Morgan fingerprint density at radius 1 is 1.18 bits per heavy atom. The smallest absolute Gasteiger partial charge is 0.184 e. The third-order valence-electron chi connectivity index (χ3n) is 4.07. The van der Waals surface area contributed by atoms with Crippen LogP contribution in [0.2, 0.25) is 0 Å². The van der Waals surface area contributed by atoms with Crippen LogP contribution in [0.1, 0.15) is 5.56 Å². The first kappa shape index (κ1) is 15.7. The molecule has 0 aliphatic carbocycles. The Bertz CT molecular complexity index is 676. The van der Waals surface area contributed by atoms with Crippen LogP contribution in [0.3, 0.4) is 0 Å².